The maximum absolute atomic E-state index is 13.0. The Kier molecular flexibility index (Phi) is 3.20. The van der Waals surface area contributed by atoms with Crippen molar-refractivity contribution >= 4 is 23.4 Å². The molecule has 0 radical (unpaired) electrons. The summed E-state index contributed by atoms with van der Waals surface area (Å²) in [6.07, 6.45) is 0. The Hall–Kier alpha value is -2.08. The first-order chi connectivity index (χ1) is 8.47. The third-order valence-electron chi connectivity index (χ3n) is 2.35. The topological polar surface area (TPSA) is 81.1 Å². The fourth-order valence-electron chi connectivity index (χ4n) is 1.47. The van der Waals surface area contributed by atoms with Crippen LogP contribution in [0, 0.1) is 5.82 Å². The molecule has 0 aliphatic rings. The molecule has 0 unspecified atom stereocenters. The minimum absolute atomic E-state index is 0.00307. The van der Waals surface area contributed by atoms with Crippen molar-refractivity contribution in [2.45, 2.75) is 6.54 Å². The molecular formula is C11H9ClFN3O2. The van der Waals surface area contributed by atoms with Crippen LogP contribution in [0.2, 0.25) is 5.02 Å². The summed E-state index contributed by atoms with van der Waals surface area (Å²) in [6.45, 7) is 0.221. The summed E-state index contributed by atoms with van der Waals surface area (Å²) < 4.78 is 14.3. The lowest BCUT2D eigenvalue weighted by atomic mass is 10.2. The van der Waals surface area contributed by atoms with Gasteiger partial charge in [0.2, 0.25) is 0 Å². The lowest BCUT2D eigenvalue weighted by Gasteiger charge is -2.05. The average molecular weight is 270 g/mol. The number of nitrogens with two attached hydrogens (primary N) is 1. The molecule has 5 nitrogen and oxygen atoms in total. The molecule has 18 heavy (non-hydrogen) atoms. The number of carboxylic acid groups (broad SMARTS) is 1. The van der Waals surface area contributed by atoms with Crippen LogP contribution in [0.3, 0.4) is 0 Å². The summed E-state index contributed by atoms with van der Waals surface area (Å²) in [5, 5.41) is 12.6. The van der Waals surface area contributed by atoms with Gasteiger partial charge in [-0.3, -0.25) is 0 Å². The van der Waals surface area contributed by atoms with E-state index in [0.717, 1.165) is 0 Å². The van der Waals surface area contributed by atoms with E-state index in [0.29, 0.717) is 5.56 Å². The van der Waals surface area contributed by atoms with Gasteiger partial charge in [-0.1, -0.05) is 17.7 Å². The fraction of sp³-hybridized carbons (Fsp3) is 0.0909. The van der Waals surface area contributed by atoms with Crippen LogP contribution < -0.4 is 5.73 Å². The third kappa shape index (κ3) is 2.43. The monoisotopic (exact) mass is 269 g/mol. The third-order valence-corrected chi connectivity index (χ3v) is 2.64. The van der Waals surface area contributed by atoms with Crippen molar-refractivity contribution in [3.05, 3.63) is 46.4 Å². The first-order valence-electron chi connectivity index (χ1n) is 4.98. The standard InChI is InChI=1S/C11H9ClFN3O2/c12-7-3-6(1-2-8(7)13)5-16-10(14)4-9(15-16)11(17)18/h1-4H,5,14H2,(H,17,18). The molecule has 0 spiro atoms. The fourth-order valence-corrected chi connectivity index (χ4v) is 1.68. The van der Waals surface area contributed by atoms with Crippen molar-refractivity contribution in [2.75, 3.05) is 5.73 Å². The smallest absolute Gasteiger partial charge is 0.356 e. The van der Waals surface area contributed by atoms with Gasteiger partial charge in [0.1, 0.15) is 11.6 Å². The highest BCUT2D eigenvalue weighted by molar-refractivity contribution is 6.30. The second-order valence-electron chi connectivity index (χ2n) is 3.67. The normalized spacial score (nSPS) is 10.6. The summed E-state index contributed by atoms with van der Waals surface area (Å²) in [7, 11) is 0. The maximum Gasteiger partial charge on any atom is 0.356 e. The summed E-state index contributed by atoms with van der Waals surface area (Å²) in [5.41, 5.74) is 6.16. The van der Waals surface area contributed by atoms with Gasteiger partial charge >= 0.3 is 5.97 Å². The maximum atomic E-state index is 13.0. The van der Waals surface area contributed by atoms with Gasteiger partial charge in [-0.2, -0.15) is 5.10 Å². The number of carboxylic acids is 1. The molecule has 0 atom stereocenters. The van der Waals surface area contributed by atoms with E-state index in [1.165, 1.54) is 28.9 Å². The summed E-state index contributed by atoms with van der Waals surface area (Å²) >= 11 is 5.65. The highest BCUT2D eigenvalue weighted by atomic mass is 35.5. The molecule has 3 N–H and O–H groups in total. The van der Waals surface area contributed by atoms with Crippen molar-refractivity contribution in [2.24, 2.45) is 0 Å². The lowest BCUT2D eigenvalue weighted by Crippen LogP contribution is -2.07. The van der Waals surface area contributed by atoms with E-state index in [-0.39, 0.29) is 23.1 Å². The number of hydrogen-bond acceptors (Lipinski definition) is 3. The summed E-state index contributed by atoms with van der Waals surface area (Å²) in [5.74, 6) is -1.45. The molecule has 1 aromatic heterocycles. The van der Waals surface area contributed by atoms with E-state index in [2.05, 4.69) is 5.10 Å². The van der Waals surface area contributed by atoms with Crippen LogP contribution in [-0.2, 0) is 6.54 Å². The molecule has 0 amide bonds. The number of rotatable bonds is 3. The molecule has 0 aliphatic heterocycles. The Balaban J connectivity index is 2.28. The zero-order valence-corrected chi connectivity index (χ0v) is 9.86. The Morgan fingerprint density at radius 2 is 2.22 bits per heavy atom. The van der Waals surface area contributed by atoms with Gasteiger partial charge in [-0.05, 0) is 17.7 Å². The van der Waals surface area contributed by atoms with Crippen LogP contribution >= 0.6 is 11.6 Å². The first kappa shape index (κ1) is 12.4. The average Bonchev–Trinajstić information content (AvgIpc) is 2.66. The molecule has 0 aliphatic carbocycles. The SMILES string of the molecule is Nc1cc(C(=O)O)nn1Cc1ccc(F)c(Cl)c1. The van der Waals surface area contributed by atoms with E-state index in [4.69, 9.17) is 22.4 Å². The molecule has 0 fully saturated rings. The van der Waals surface area contributed by atoms with Crippen LogP contribution in [0.5, 0.6) is 0 Å². The van der Waals surface area contributed by atoms with Gasteiger partial charge in [-0.15, -0.1) is 0 Å². The Morgan fingerprint density at radius 3 is 2.78 bits per heavy atom. The van der Waals surface area contributed by atoms with Crippen LogP contribution in [0.4, 0.5) is 10.2 Å². The van der Waals surface area contributed by atoms with Gasteiger partial charge in [0.25, 0.3) is 0 Å². The van der Waals surface area contributed by atoms with E-state index >= 15 is 0 Å². The van der Waals surface area contributed by atoms with Crippen molar-refractivity contribution in [3.63, 3.8) is 0 Å². The number of benzene rings is 1. The Morgan fingerprint density at radius 1 is 1.50 bits per heavy atom. The van der Waals surface area contributed by atoms with Gasteiger partial charge in [-0.25, -0.2) is 13.9 Å². The number of aromatic nitrogens is 2. The van der Waals surface area contributed by atoms with Gasteiger partial charge in [0.05, 0.1) is 11.6 Å². The second-order valence-corrected chi connectivity index (χ2v) is 4.07. The zero-order chi connectivity index (χ0) is 13.3. The number of nitrogens with zero attached hydrogens (tertiary/aromatic N) is 2. The van der Waals surface area contributed by atoms with Gasteiger partial charge in [0.15, 0.2) is 5.69 Å². The molecule has 1 heterocycles. The molecule has 1 aromatic carbocycles. The van der Waals surface area contributed by atoms with E-state index < -0.39 is 11.8 Å². The lowest BCUT2D eigenvalue weighted by molar-refractivity contribution is 0.0689. The molecule has 0 bridgehead atoms. The summed E-state index contributed by atoms with van der Waals surface area (Å²) in [6, 6.07) is 5.46. The van der Waals surface area contributed by atoms with Crippen LogP contribution in [-0.4, -0.2) is 20.9 Å². The minimum atomic E-state index is -1.16. The zero-order valence-electron chi connectivity index (χ0n) is 9.10. The molecule has 0 saturated carbocycles. The molecule has 7 heteroatoms. The van der Waals surface area contributed by atoms with Crippen LogP contribution in [0.1, 0.15) is 16.1 Å². The number of hydrogen-bond donors (Lipinski definition) is 2. The Bertz CT molecular complexity index is 612. The number of halogens is 2. The van der Waals surface area contributed by atoms with Gasteiger partial charge < -0.3 is 10.8 Å². The second kappa shape index (κ2) is 4.66. The van der Waals surface area contributed by atoms with Crippen molar-refractivity contribution < 1.29 is 14.3 Å². The number of carbonyl (C=O) groups is 1. The predicted octanol–water partition coefficient (Wildman–Crippen LogP) is 2.00. The van der Waals surface area contributed by atoms with E-state index in [1.807, 2.05) is 0 Å². The van der Waals surface area contributed by atoms with Crippen molar-refractivity contribution in [1.29, 1.82) is 0 Å². The first-order valence-corrected chi connectivity index (χ1v) is 5.35. The number of aromatic carboxylic acids is 1. The molecule has 94 valence electrons. The van der Waals surface area contributed by atoms with E-state index in [9.17, 15) is 9.18 Å². The highest BCUT2D eigenvalue weighted by Crippen LogP contribution is 2.17. The summed E-state index contributed by atoms with van der Waals surface area (Å²) in [4.78, 5) is 10.7. The van der Waals surface area contributed by atoms with Crippen molar-refractivity contribution in [1.82, 2.24) is 9.78 Å². The predicted molar refractivity (Wildman–Crippen MR) is 64.1 cm³/mol. The quantitative estimate of drug-likeness (QED) is 0.893. The Labute approximate surface area is 107 Å². The largest absolute Gasteiger partial charge is 0.476 e. The minimum Gasteiger partial charge on any atom is -0.476 e. The molecular weight excluding hydrogens is 261 g/mol. The molecule has 2 rings (SSSR count). The number of anilines is 1. The van der Waals surface area contributed by atoms with Crippen LogP contribution in [0.15, 0.2) is 24.3 Å². The van der Waals surface area contributed by atoms with Gasteiger partial charge in [0, 0.05) is 6.07 Å². The highest BCUT2D eigenvalue weighted by Gasteiger charge is 2.11. The van der Waals surface area contributed by atoms with Crippen molar-refractivity contribution in [3.8, 4) is 0 Å². The van der Waals surface area contributed by atoms with Crippen LogP contribution in [0.25, 0.3) is 0 Å². The molecule has 0 saturated heterocycles. The molecule has 2 aromatic rings. The van der Waals surface area contributed by atoms with E-state index in [1.54, 1.807) is 0 Å². The number of nitrogen functional groups attached to an aromatic ring is 1.